The van der Waals surface area contributed by atoms with Gasteiger partial charge in [-0.3, -0.25) is 24.3 Å². The van der Waals surface area contributed by atoms with Crippen molar-refractivity contribution in [1.29, 1.82) is 0 Å². The Hall–Kier alpha value is -2.31. The molecular formula is C16H13ClN2O4. The van der Waals surface area contributed by atoms with Gasteiger partial charge in [-0.1, -0.05) is 11.6 Å². The van der Waals surface area contributed by atoms with Crippen LogP contribution < -0.4 is 0 Å². The van der Waals surface area contributed by atoms with Crippen molar-refractivity contribution in [3.8, 4) is 0 Å². The summed E-state index contributed by atoms with van der Waals surface area (Å²) in [5.41, 5.74) is 1.18. The molecule has 3 rings (SSSR count). The van der Waals surface area contributed by atoms with E-state index in [1.165, 1.54) is 18.3 Å². The summed E-state index contributed by atoms with van der Waals surface area (Å²) < 4.78 is 0. The first-order valence-electron chi connectivity index (χ1n) is 7.01. The molecule has 1 atom stereocenters. The Labute approximate surface area is 137 Å². The third kappa shape index (κ3) is 2.60. The molecule has 2 aliphatic heterocycles. The summed E-state index contributed by atoms with van der Waals surface area (Å²) in [5, 5.41) is 10.1. The molecule has 0 saturated heterocycles. The molecule has 0 radical (unpaired) electrons. The van der Waals surface area contributed by atoms with Crippen LogP contribution in [0.3, 0.4) is 0 Å². The summed E-state index contributed by atoms with van der Waals surface area (Å²) in [6.45, 7) is 1.60. The Kier molecular flexibility index (Phi) is 3.87. The maximum Gasteiger partial charge on any atom is 0.261 e. The van der Waals surface area contributed by atoms with Gasteiger partial charge in [0.05, 0.1) is 16.8 Å². The number of Topliss-reactive ketones (excluding diaryl/α,β-unsaturated/α-hetero) is 1. The lowest BCUT2D eigenvalue weighted by molar-refractivity contribution is -0.120. The summed E-state index contributed by atoms with van der Waals surface area (Å²) in [5.74, 6) is -1.29. The standard InChI is InChI=1S/C16H13ClN2O4/c1-8-13(20)14(21)9(7-18-8)4-5-19-15(22)11-3-2-10(17)6-12(11)16(19)23/h2-3,6-7,13,20H,4-5H2,1H3. The molecule has 1 unspecified atom stereocenters. The van der Waals surface area contributed by atoms with Crippen LogP contribution in [0.1, 0.15) is 34.1 Å². The van der Waals surface area contributed by atoms with E-state index in [0.717, 1.165) is 4.90 Å². The fourth-order valence-corrected chi connectivity index (χ4v) is 2.74. The molecule has 0 aliphatic carbocycles. The van der Waals surface area contributed by atoms with E-state index >= 15 is 0 Å². The highest BCUT2D eigenvalue weighted by Crippen LogP contribution is 2.26. The molecule has 1 aromatic carbocycles. The molecule has 0 fully saturated rings. The highest BCUT2D eigenvalue weighted by molar-refractivity contribution is 6.32. The minimum atomic E-state index is -1.25. The zero-order valence-corrected chi connectivity index (χ0v) is 13.0. The Bertz CT molecular complexity index is 797. The van der Waals surface area contributed by atoms with Gasteiger partial charge in [-0.15, -0.1) is 0 Å². The SMILES string of the molecule is CC1=NC=C(CCN2C(=O)c3ccc(Cl)cc3C2=O)C(=O)C1O. The number of hydrogen-bond acceptors (Lipinski definition) is 5. The van der Waals surface area contributed by atoms with Crippen LogP contribution in [0.2, 0.25) is 5.02 Å². The second-order valence-corrected chi connectivity index (χ2v) is 5.83. The quantitative estimate of drug-likeness (QED) is 0.852. The van der Waals surface area contributed by atoms with E-state index in [0.29, 0.717) is 16.3 Å². The van der Waals surface area contributed by atoms with E-state index in [1.54, 1.807) is 13.0 Å². The molecule has 2 amide bonds. The van der Waals surface area contributed by atoms with Gasteiger partial charge in [-0.2, -0.15) is 0 Å². The van der Waals surface area contributed by atoms with Crippen LogP contribution in [0.5, 0.6) is 0 Å². The molecule has 2 aliphatic rings. The van der Waals surface area contributed by atoms with Crippen molar-refractivity contribution in [2.75, 3.05) is 6.54 Å². The molecule has 2 heterocycles. The molecule has 0 saturated carbocycles. The van der Waals surface area contributed by atoms with Gasteiger partial charge in [0.25, 0.3) is 11.8 Å². The van der Waals surface area contributed by atoms with Crippen molar-refractivity contribution >= 4 is 34.9 Å². The lowest BCUT2D eigenvalue weighted by atomic mass is 9.99. The molecule has 0 aromatic heterocycles. The lowest BCUT2D eigenvalue weighted by Crippen LogP contribution is -2.35. The van der Waals surface area contributed by atoms with E-state index in [4.69, 9.17) is 11.6 Å². The molecule has 1 aromatic rings. The number of carbonyl (C=O) groups excluding carboxylic acids is 3. The Morgan fingerprint density at radius 1 is 1.22 bits per heavy atom. The Morgan fingerprint density at radius 3 is 2.65 bits per heavy atom. The molecular weight excluding hydrogens is 320 g/mol. The number of ketones is 1. The number of amides is 2. The largest absolute Gasteiger partial charge is 0.379 e. The van der Waals surface area contributed by atoms with Gasteiger partial charge in [0.1, 0.15) is 0 Å². The van der Waals surface area contributed by atoms with Crippen LogP contribution in [0.4, 0.5) is 0 Å². The third-order valence-corrected chi connectivity index (χ3v) is 4.16. The third-order valence-electron chi connectivity index (χ3n) is 3.92. The molecule has 7 heteroatoms. The molecule has 23 heavy (non-hydrogen) atoms. The zero-order valence-electron chi connectivity index (χ0n) is 12.2. The highest BCUT2D eigenvalue weighted by atomic mass is 35.5. The second-order valence-electron chi connectivity index (χ2n) is 5.39. The van der Waals surface area contributed by atoms with Gasteiger partial charge in [0.2, 0.25) is 0 Å². The minimum absolute atomic E-state index is 0.0445. The van der Waals surface area contributed by atoms with Crippen LogP contribution in [0.25, 0.3) is 0 Å². The number of carbonyl (C=O) groups is 3. The fourth-order valence-electron chi connectivity index (χ4n) is 2.57. The second kappa shape index (κ2) is 5.72. The van der Waals surface area contributed by atoms with Crippen molar-refractivity contribution in [2.24, 2.45) is 4.99 Å². The first-order valence-corrected chi connectivity index (χ1v) is 7.39. The average Bonchev–Trinajstić information content (AvgIpc) is 2.76. The first kappa shape index (κ1) is 15.6. The first-order chi connectivity index (χ1) is 10.9. The number of nitrogens with zero attached hydrogens (tertiary/aromatic N) is 2. The van der Waals surface area contributed by atoms with Crippen molar-refractivity contribution < 1.29 is 19.5 Å². The van der Waals surface area contributed by atoms with Gasteiger partial charge in [-0.05, 0) is 31.5 Å². The normalized spacial score (nSPS) is 20.6. The predicted octanol–water partition coefficient (Wildman–Crippen LogP) is 1.61. The van der Waals surface area contributed by atoms with Crippen LogP contribution in [-0.4, -0.2) is 46.0 Å². The topological polar surface area (TPSA) is 87.0 Å². The average molecular weight is 333 g/mol. The van der Waals surface area contributed by atoms with E-state index in [2.05, 4.69) is 4.99 Å². The number of hydrogen-bond donors (Lipinski definition) is 1. The number of aliphatic hydroxyl groups is 1. The maximum atomic E-state index is 12.3. The molecule has 0 spiro atoms. The fraction of sp³-hybridized carbons (Fsp3) is 0.250. The number of fused-ring (bicyclic) bond motifs is 1. The molecule has 0 bridgehead atoms. The Morgan fingerprint density at radius 2 is 1.91 bits per heavy atom. The number of imide groups is 1. The summed E-state index contributed by atoms with van der Waals surface area (Å²) in [6, 6.07) is 4.52. The number of aliphatic imine (C=N–C) groups is 1. The zero-order chi connectivity index (χ0) is 16.7. The van der Waals surface area contributed by atoms with Crippen molar-refractivity contribution in [2.45, 2.75) is 19.4 Å². The van der Waals surface area contributed by atoms with Gasteiger partial charge < -0.3 is 5.11 Å². The number of rotatable bonds is 3. The summed E-state index contributed by atoms with van der Waals surface area (Å²) >= 11 is 5.85. The van der Waals surface area contributed by atoms with Crippen molar-refractivity contribution in [1.82, 2.24) is 4.90 Å². The van der Waals surface area contributed by atoms with E-state index in [1.807, 2.05) is 0 Å². The highest BCUT2D eigenvalue weighted by Gasteiger charge is 2.36. The number of halogens is 1. The van der Waals surface area contributed by atoms with Crippen molar-refractivity contribution in [3.05, 3.63) is 46.1 Å². The van der Waals surface area contributed by atoms with Gasteiger partial charge in [0.15, 0.2) is 11.9 Å². The Balaban J connectivity index is 1.77. The predicted molar refractivity (Wildman–Crippen MR) is 83.6 cm³/mol. The summed E-state index contributed by atoms with van der Waals surface area (Å²) in [6.07, 6.45) is 0.265. The minimum Gasteiger partial charge on any atom is -0.379 e. The number of benzene rings is 1. The summed E-state index contributed by atoms with van der Waals surface area (Å²) in [4.78, 5) is 41.6. The smallest absolute Gasteiger partial charge is 0.261 e. The van der Waals surface area contributed by atoms with E-state index in [9.17, 15) is 19.5 Å². The van der Waals surface area contributed by atoms with Crippen molar-refractivity contribution in [3.63, 3.8) is 0 Å². The van der Waals surface area contributed by atoms with E-state index in [-0.39, 0.29) is 24.1 Å². The van der Waals surface area contributed by atoms with Crippen LogP contribution in [0, 0.1) is 0 Å². The van der Waals surface area contributed by atoms with Crippen LogP contribution in [0.15, 0.2) is 35.0 Å². The van der Waals surface area contributed by atoms with Gasteiger partial charge >= 0.3 is 0 Å². The lowest BCUT2D eigenvalue weighted by Gasteiger charge is -2.18. The number of aliphatic hydroxyl groups excluding tert-OH is 1. The van der Waals surface area contributed by atoms with E-state index < -0.39 is 23.7 Å². The summed E-state index contributed by atoms with van der Waals surface area (Å²) in [7, 11) is 0. The maximum absolute atomic E-state index is 12.3. The van der Waals surface area contributed by atoms with Crippen LogP contribution in [-0.2, 0) is 4.79 Å². The monoisotopic (exact) mass is 332 g/mol. The van der Waals surface area contributed by atoms with Gasteiger partial charge in [0, 0.05) is 23.3 Å². The van der Waals surface area contributed by atoms with Crippen LogP contribution >= 0.6 is 11.6 Å². The molecule has 6 nitrogen and oxygen atoms in total. The molecule has 118 valence electrons. The van der Waals surface area contributed by atoms with Gasteiger partial charge in [-0.25, -0.2) is 0 Å². The molecule has 1 N–H and O–H groups in total.